The van der Waals surface area contributed by atoms with E-state index in [1.165, 1.54) is 12.8 Å². The molecule has 0 bridgehead atoms. The molecule has 0 aromatic heterocycles. The molecule has 0 saturated carbocycles. The van der Waals surface area contributed by atoms with Crippen LogP contribution in [-0.4, -0.2) is 63.0 Å². The second-order valence-corrected chi connectivity index (χ2v) is 5.91. The Hall–Kier alpha value is -0.610. The molecule has 0 spiro atoms. The van der Waals surface area contributed by atoms with Gasteiger partial charge in [-0.3, -0.25) is 4.79 Å². The smallest absolute Gasteiger partial charge is 0.222 e. The van der Waals surface area contributed by atoms with Crippen LogP contribution >= 0.6 is 0 Å². The van der Waals surface area contributed by atoms with E-state index in [9.17, 15) is 4.79 Å². The van der Waals surface area contributed by atoms with Crippen LogP contribution in [0.4, 0.5) is 0 Å². The Morgan fingerprint density at radius 1 is 1.33 bits per heavy atom. The number of piperidine rings is 1. The SMILES string of the molecule is CC(CC(=O)N(C)CCN(C)C)C1CCCNC1. The molecule has 106 valence electrons. The molecule has 1 fully saturated rings. The van der Waals surface area contributed by atoms with Gasteiger partial charge in [0.05, 0.1) is 0 Å². The predicted molar refractivity (Wildman–Crippen MR) is 75.6 cm³/mol. The lowest BCUT2D eigenvalue weighted by Gasteiger charge is -2.29. The second-order valence-electron chi connectivity index (χ2n) is 5.91. The van der Waals surface area contributed by atoms with Crippen molar-refractivity contribution in [1.29, 1.82) is 0 Å². The van der Waals surface area contributed by atoms with E-state index in [1.54, 1.807) is 0 Å². The Balaban J connectivity index is 2.29. The largest absolute Gasteiger partial charge is 0.344 e. The van der Waals surface area contributed by atoms with E-state index in [4.69, 9.17) is 0 Å². The van der Waals surface area contributed by atoms with Crippen LogP contribution in [0.15, 0.2) is 0 Å². The number of nitrogens with one attached hydrogen (secondary N) is 1. The van der Waals surface area contributed by atoms with Gasteiger partial charge in [0.15, 0.2) is 0 Å². The molecule has 4 heteroatoms. The van der Waals surface area contributed by atoms with Gasteiger partial charge in [0.2, 0.25) is 5.91 Å². The molecule has 2 atom stereocenters. The van der Waals surface area contributed by atoms with Crippen molar-refractivity contribution < 1.29 is 4.79 Å². The Morgan fingerprint density at radius 2 is 2.06 bits per heavy atom. The van der Waals surface area contributed by atoms with Crippen molar-refractivity contribution in [2.24, 2.45) is 11.8 Å². The first-order chi connectivity index (χ1) is 8.50. The molecule has 4 nitrogen and oxygen atoms in total. The topological polar surface area (TPSA) is 35.6 Å². The molecular weight excluding hydrogens is 226 g/mol. The first-order valence-corrected chi connectivity index (χ1v) is 7.10. The molecule has 1 aliphatic rings. The number of amides is 1. The molecule has 0 aliphatic carbocycles. The third-order valence-electron chi connectivity index (χ3n) is 3.94. The third kappa shape index (κ3) is 5.36. The van der Waals surface area contributed by atoms with E-state index in [1.807, 2.05) is 26.0 Å². The Morgan fingerprint density at radius 3 is 2.61 bits per heavy atom. The lowest BCUT2D eigenvalue weighted by molar-refractivity contribution is -0.131. The minimum atomic E-state index is 0.287. The van der Waals surface area contributed by atoms with Crippen molar-refractivity contribution in [3.63, 3.8) is 0 Å². The van der Waals surface area contributed by atoms with Crippen LogP contribution in [0.2, 0.25) is 0 Å². The molecule has 1 aliphatic heterocycles. The van der Waals surface area contributed by atoms with Crippen LogP contribution < -0.4 is 5.32 Å². The molecule has 1 saturated heterocycles. The van der Waals surface area contributed by atoms with Gasteiger partial charge in [-0.05, 0) is 51.9 Å². The highest BCUT2D eigenvalue weighted by Gasteiger charge is 2.23. The number of hydrogen-bond donors (Lipinski definition) is 1. The Bertz CT molecular complexity index is 249. The van der Waals surface area contributed by atoms with E-state index >= 15 is 0 Å². The molecule has 1 heterocycles. The molecule has 2 unspecified atom stereocenters. The molecule has 0 aromatic carbocycles. The second kappa shape index (κ2) is 7.74. The van der Waals surface area contributed by atoms with Crippen LogP contribution in [0.3, 0.4) is 0 Å². The first kappa shape index (κ1) is 15.4. The van der Waals surface area contributed by atoms with Crippen molar-refractivity contribution in [3.8, 4) is 0 Å². The maximum absolute atomic E-state index is 12.1. The van der Waals surface area contributed by atoms with Crippen LogP contribution in [0.5, 0.6) is 0 Å². The minimum absolute atomic E-state index is 0.287. The zero-order valence-electron chi connectivity index (χ0n) is 12.4. The standard InChI is InChI=1S/C14H29N3O/c1-12(13-6-5-7-15-11-13)10-14(18)17(4)9-8-16(2)3/h12-13,15H,5-11H2,1-4H3. The van der Waals surface area contributed by atoms with Crippen LogP contribution in [0.1, 0.15) is 26.2 Å². The van der Waals surface area contributed by atoms with Gasteiger partial charge in [-0.2, -0.15) is 0 Å². The third-order valence-corrected chi connectivity index (χ3v) is 3.94. The van der Waals surface area contributed by atoms with Crippen molar-refractivity contribution in [2.45, 2.75) is 26.2 Å². The van der Waals surface area contributed by atoms with Crippen LogP contribution in [0, 0.1) is 11.8 Å². The van der Waals surface area contributed by atoms with E-state index in [0.29, 0.717) is 18.3 Å². The van der Waals surface area contributed by atoms with Crippen LogP contribution in [0.25, 0.3) is 0 Å². The fraction of sp³-hybridized carbons (Fsp3) is 0.929. The fourth-order valence-corrected chi connectivity index (χ4v) is 2.44. The Kier molecular flexibility index (Phi) is 6.65. The number of carbonyl (C=O) groups is 1. The van der Waals surface area contributed by atoms with E-state index in [2.05, 4.69) is 17.1 Å². The highest BCUT2D eigenvalue weighted by molar-refractivity contribution is 5.76. The van der Waals surface area contributed by atoms with Gasteiger partial charge in [-0.25, -0.2) is 0 Å². The normalized spacial score (nSPS) is 21.9. The van der Waals surface area contributed by atoms with E-state index in [-0.39, 0.29) is 5.91 Å². The van der Waals surface area contributed by atoms with Crippen LogP contribution in [-0.2, 0) is 4.79 Å². The van der Waals surface area contributed by atoms with Crippen molar-refractivity contribution in [2.75, 3.05) is 47.3 Å². The van der Waals surface area contributed by atoms with E-state index < -0.39 is 0 Å². The quantitative estimate of drug-likeness (QED) is 0.770. The number of hydrogen-bond acceptors (Lipinski definition) is 3. The summed E-state index contributed by atoms with van der Waals surface area (Å²) in [6.07, 6.45) is 3.21. The summed E-state index contributed by atoms with van der Waals surface area (Å²) in [5.41, 5.74) is 0. The van der Waals surface area contributed by atoms with Crippen molar-refractivity contribution >= 4 is 5.91 Å². The average Bonchev–Trinajstić information content (AvgIpc) is 2.36. The molecule has 18 heavy (non-hydrogen) atoms. The first-order valence-electron chi connectivity index (χ1n) is 7.10. The van der Waals surface area contributed by atoms with Gasteiger partial charge >= 0.3 is 0 Å². The van der Waals surface area contributed by atoms with Crippen molar-refractivity contribution in [1.82, 2.24) is 15.1 Å². The summed E-state index contributed by atoms with van der Waals surface area (Å²) in [4.78, 5) is 16.1. The van der Waals surface area contributed by atoms with Gasteiger partial charge in [-0.15, -0.1) is 0 Å². The molecule has 1 N–H and O–H groups in total. The van der Waals surface area contributed by atoms with Gasteiger partial charge in [0, 0.05) is 26.6 Å². The molecule has 1 rings (SSSR count). The maximum Gasteiger partial charge on any atom is 0.222 e. The Labute approximate surface area is 112 Å². The zero-order chi connectivity index (χ0) is 13.5. The molecule has 0 radical (unpaired) electrons. The van der Waals surface area contributed by atoms with Gasteiger partial charge in [0.25, 0.3) is 0 Å². The van der Waals surface area contributed by atoms with Gasteiger partial charge < -0.3 is 15.1 Å². The minimum Gasteiger partial charge on any atom is -0.344 e. The summed E-state index contributed by atoms with van der Waals surface area (Å²) >= 11 is 0. The maximum atomic E-state index is 12.1. The lowest BCUT2D eigenvalue weighted by Crippen LogP contribution is -2.37. The summed E-state index contributed by atoms with van der Waals surface area (Å²) in [5, 5.41) is 3.43. The lowest BCUT2D eigenvalue weighted by atomic mass is 9.85. The number of nitrogens with zero attached hydrogens (tertiary/aromatic N) is 2. The molecular formula is C14H29N3O. The monoisotopic (exact) mass is 255 g/mol. The highest BCUT2D eigenvalue weighted by atomic mass is 16.2. The summed E-state index contributed by atoms with van der Waals surface area (Å²) in [5.74, 6) is 1.45. The predicted octanol–water partition coefficient (Wildman–Crippen LogP) is 1.03. The zero-order valence-corrected chi connectivity index (χ0v) is 12.4. The van der Waals surface area contributed by atoms with E-state index in [0.717, 1.165) is 26.2 Å². The summed E-state index contributed by atoms with van der Waals surface area (Å²) in [6.45, 7) is 6.19. The average molecular weight is 255 g/mol. The summed E-state index contributed by atoms with van der Waals surface area (Å²) < 4.78 is 0. The van der Waals surface area contributed by atoms with Crippen molar-refractivity contribution in [3.05, 3.63) is 0 Å². The number of likely N-dealkylation sites (N-methyl/N-ethyl adjacent to an activating group) is 2. The number of rotatable bonds is 6. The summed E-state index contributed by atoms with van der Waals surface area (Å²) in [7, 11) is 5.99. The van der Waals surface area contributed by atoms with Gasteiger partial charge in [-0.1, -0.05) is 6.92 Å². The molecule has 0 aromatic rings. The highest BCUT2D eigenvalue weighted by Crippen LogP contribution is 2.22. The summed E-state index contributed by atoms with van der Waals surface area (Å²) in [6, 6.07) is 0. The fourth-order valence-electron chi connectivity index (χ4n) is 2.44. The number of carbonyl (C=O) groups excluding carboxylic acids is 1. The molecule has 1 amide bonds. The van der Waals surface area contributed by atoms with Gasteiger partial charge in [0.1, 0.15) is 0 Å².